The van der Waals surface area contributed by atoms with Crippen LogP contribution in [-0.4, -0.2) is 27.4 Å². The van der Waals surface area contributed by atoms with Crippen LogP contribution in [0.5, 0.6) is 0 Å². The molecule has 1 atom stereocenters. The summed E-state index contributed by atoms with van der Waals surface area (Å²) in [5, 5.41) is 0. The highest BCUT2D eigenvalue weighted by atomic mass is 32.2. The summed E-state index contributed by atoms with van der Waals surface area (Å²) < 4.78 is 26.8. The topological polar surface area (TPSA) is 57.7 Å². The molecule has 30 heavy (non-hydrogen) atoms. The van der Waals surface area contributed by atoms with Crippen LogP contribution >= 0.6 is 0 Å². The summed E-state index contributed by atoms with van der Waals surface area (Å²) >= 11 is 0. The number of fused-ring (bicyclic) bond motifs is 1. The lowest BCUT2D eigenvalue weighted by Gasteiger charge is -2.23. The minimum atomic E-state index is -3.62. The lowest BCUT2D eigenvalue weighted by atomic mass is 10.1. The van der Waals surface area contributed by atoms with E-state index >= 15 is 0 Å². The van der Waals surface area contributed by atoms with Gasteiger partial charge in [0.05, 0.1) is 17.0 Å². The Morgan fingerprint density at radius 3 is 2.30 bits per heavy atom. The third-order valence-electron chi connectivity index (χ3n) is 5.53. The second kappa shape index (κ2) is 7.95. The molecule has 1 heterocycles. The van der Waals surface area contributed by atoms with Gasteiger partial charge in [-0.1, -0.05) is 48.5 Å². The SMILES string of the molecule is C[C@H]1Cc2ccccc2N1C(=O)Cc1ccc(N(C)S(=O)(=O)c2ccccc2)cc1. The van der Waals surface area contributed by atoms with E-state index < -0.39 is 10.0 Å². The van der Waals surface area contributed by atoms with Crippen molar-refractivity contribution >= 4 is 27.3 Å². The van der Waals surface area contributed by atoms with E-state index in [0.29, 0.717) is 5.69 Å². The predicted molar refractivity (Wildman–Crippen MR) is 119 cm³/mol. The minimum Gasteiger partial charge on any atom is -0.309 e. The molecule has 1 amide bonds. The molecule has 3 aromatic carbocycles. The zero-order valence-electron chi connectivity index (χ0n) is 17.0. The number of hydrogen-bond donors (Lipinski definition) is 0. The van der Waals surface area contributed by atoms with Crippen LogP contribution in [0.25, 0.3) is 0 Å². The third-order valence-corrected chi connectivity index (χ3v) is 7.33. The molecule has 1 aliphatic rings. The standard InChI is InChI=1S/C24H24N2O3S/c1-18-16-20-8-6-7-11-23(20)26(18)24(27)17-19-12-14-21(15-13-19)25(2)30(28,29)22-9-4-3-5-10-22/h3-15,18H,16-17H2,1-2H3/t18-/m0/s1. The van der Waals surface area contributed by atoms with Crippen molar-refractivity contribution in [1.82, 2.24) is 0 Å². The highest BCUT2D eigenvalue weighted by Gasteiger charge is 2.30. The van der Waals surface area contributed by atoms with Crippen molar-refractivity contribution in [3.05, 3.63) is 90.0 Å². The largest absolute Gasteiger partial charge is 0.309 e. The Kier molecular flexibility index (Phi) is 5.35. The fourth-order valence-corrected chi connectivity index (χ4v) is 5.14. The minimum absolute atomic E-state index is 0.0467. The molecular formula is C24H24N2O3S. The van der Waals surface area contributed by atoms with Gasteiger partial charge in [0, 0.05) is 18.8 Å². The summed E-state index contributed by atoms with van der Waals surface area (Å²) in [7, 11) is -2.09. The molecule has 0 bridgehead atoms. The molecule has 0 aliphatic carbocycles. The molecule has 4 rings (SSSR count). The van der Waals surface area contributed by atoms with E-state index in [9.17, 15) is 13.2 Å². The molecule has 1 aliphatic heterocycles. The van der Waals surface area contributed by atoms with Crippen LogP contribution in [0, 0.1) is 0 Å². The van der Waals surface area contributed by atoms with Gasteiger partial charge < -0.3 is 4.90 Å². The second-order valence-electron chi connectivity index (χ2n) is 7.57. The lowest BCUT2D eigenvalue weighted by Crippen LogP contribution is -2.36. The summed E-state index contributed by atoms with van der Waals surface area (Å²) in [6.07, 6.45) is 1.14. The Morgan fingerprint density at radius 1 is 0.967 bits per heavy atom. The van der Waals surface area contributed by atoms with E-state index in [0.717, 1.165) is 17.7 Å². The fourth-order valence-electron chi connectivity index (χ4n) is 3.92. The number of carbonyl (C=O) groups excluding carboxylic acids is 1. The van der Waals surface area contributed by atoms with Gasteiger partial charge in [0.1, 0.15) is 0 Å². The Morgan fingerprint density at radius 2 is 1.60 bits per heavy atom. The van der Waals surface area contributed by atoms with Gasteiger partial charge in [-0.3, -0.25) is 9.10 Å². The first-order valence-corrected chi connectivity index (χ1v) is 11.3. The average Bonchev–Trinajstić information content (AvgIpc) is 3.10. The number of hydrogen-bond acceptors (Lipinski definition) is 3. The maximum absolute atomic E-state index is 13.0. The smallest absolute Gasteiger partial charge is 0.264 e. The zero-order valence-corrected chi connectivity index (χ0v) is 17.8. The first-order valence-electron chi connectivity index (χ1n) is 9.91. The first kappa shape index (κ1) is 20.2. The zero-order chi connectivity index (χ0) is 21.3. The molecule has 0 unspecified atom stereocenters. The Bertz CT molecular complexity index is 1160. The number of amides is 1. The van der Waals surface area contributed by atoms with Crippen LogP contribution in [0.15, 0.2) is 83.8 Å². The number of rotatable bonds is 5. The Labute approximate surface area is 177 Å². The lowest BCUT2D eigenvalue weighted by molar-refractivity contribution is -0.118. The molecule has 0 spiro atoms. The van der Waals surface area contributed by atoms with E-state index in [1.54, 1.807) is 42.5 Å². The van der Waals surface area contributed by atoms with Gasteiger partial charge in [-0.2, -0.15) is 0 Å². The van der Waals surface area contributed by atoms with Crippen molar-refractivity contribution in [2.75, 3.05) is 16.3 Å². The summed E-state index contributed by atoms with van der Waals surface area (Å²) in [4.78, 5) is 15.1. The van der Waals surface area contributed by atoms with E-state index in [-0.39, 0.29) is 23.3 Å². The molecule has 0 saturated carbocycles. The van der Waals surface area contributed by atoms with Crippen molar-refractivity contribution in [2.45, 2.75) is 30.7 Å². The maximum atomic E-state index is 13.0. The van der Waals surface area contributed by atoms with Gasteiger partial charge >= 0.3 is 0 Å². The number of anilines is 2. The number of carbonyl (C=O) groups is 1. The van der Waals surface area contributed by atoms with E-state index in [1.165, 1.54) is 16.9 Å². The molecular weight excluding hydrogens is 396 g/mol. The molecule has 0 radical (unpaired) electrons. The van der Waals surface area contributed by atoms with Crippen LogP contribution < -0.4 is 9.21 Å². The molecule has 5 nitrogen and oxygen atoms in total. The summed E-state index contributed by atoms with van der Waals surface area (Å²) in [6, 6.07) is 23.6. The van der Waals surface area contributed by atoms with Gasteiger partial charge in [-0.15, -0.1) is 0 Å². The maximum Gasteiger partial charge on any atom is 0.264 e. The van der Waals surface area contributed by atoms with Crippen molar-refractivity contribution < 1.29 is 13.2 Å². The Balaban J connectivity index is 1.50. The fraction of sp³-hybridized carbons (Fsp3) is 0.208. The first-order chi connectivity index (χ1) is 14.4. The number of sulfonamides is 1. The molecule has 0 aromatic heterocycles. The molecule has 3 aromatic rings. The van der Waals surface area contributed by atoms with E-state index in [2.05, 4.69) is 13.0 Å². The molecule has 0 saturated heterocycles. The van der Waals surface area contributed by atoms with Gasteiger partial charge in [0.2, 0.25) is 5.91 Å². The summed E-state index contributed by atoms with van der Waals surface area (Å²) in [5.41, 5.74) is 3.59. The highest BCUT2D eigenvalue weighted by molar-refractivity contribution is 7.92. The number of nitrogens with zero attached hydrogens (tertiary/aromatic N) is 2. The van der Waals surface area contributed by atoms with Gasteiger partial charge in [-0.25, -0.2) is 8.42 Å². The van der Waals surface area contributed by atoms with Crippen LogP contribution in [-0.2, 0) is 27.7 Å². The molecule has 0 N–H and O–H groups in total. The van der Waals surface area contributed by atoms with Crippen molar-refractivity contribution in [3.63, 3.8) is 0 Å². The van der Waals surface area contributed by atoms with E-state index in [1.807, 2.05) is 35.2 Å². The van der Waals surface area contributed by atoms with Crippen LogP contribution in [0.4, 0.5) is 11.4 Å². The quantitative estimate of drug-likeness (QED) is 0.626. The van der Waals surface area contributed by atoms with E-state index in [4.69, 9.17) is 0 Å². The normalized spacial score (nSPS) is 15.7. The predicted octanol–water partition coefficient (Wildman–Crippen LogP) is 4.03. The molecule has 154 valence electrons. The van der Waals surface area contributed by atoms with Crippen molar-refractivity contribution in [3.8, 4) is 0 Å². The monoisotopic (exact) mass is 420 g/mol. The molecule has 6 heteroatoms. The van der Waals surface area contributed by atoms with Gasteiger partial charge in [-0.05, 0) is 54.8 Å². The third kappa shape index (κ3) is 3.71. The van der Waals surface area contributed by atoms with Crippen LogP contribution in [0.1, 0.15) is 18.1 Å². The van der Waals surface area contributed by atoms with Crippen LogP contribution in [0.2, 0.25) is 0 Å². The number of para-hydroxylation sites is 1. The number of benzene rings is 3. The highest BCUT2D eigenvalue weighted by Crippen LogP contribution is 2.32. The van der Waals surface area contributed by atoms with Crippen molar-refractivity contribution in [1.29, 1.82) is 0 Å². The second-order valence-corrected chi connectivity index (χ2v) is 9.54. The average molecular weight is 421 g/mol. The molecule has 0 fully saturated rings. The van der Waals surface area contributed by atoms with Gasteiger partial charge in [0.15, 0.2) is 0 Å². The summed E-state index contributed by atoms with van der Waals surface area (Å²) in [5.74, 6) is 0.0467. The summed E-state index contributed by atoms with van der Waals surface area (Å²) in [6.45, 7) is 2.06. The van der Waals surface area contributed by atoms with Crippen LogP contribution in [0.3, 0.4) is 0 Å². The van der Waals surface area contributed by atoms with Gasteiger partial charge in [0.25, 0.3) is 10.0 Å². The Hall–Kier alpha value is -3.12. The van der Waals surface area contributed by atoms with Crippen molar-refractivity contribution in [2.24, 2.45) is 0 Å².